The van der Waals surface area contributed by atoms with E-state index in [2.05, 4.69) is 40.4 Å². The van der Waals surface area contributed by atoms with Crippen molar-refractivity contribution in [3.8, 4) is 11.5 Å². The lowest BCUT2D eigenvalue weighted by Gasteiger charge is -2.22. The van der Waals surface area contributed by atoms with E-state index in [9.17, 15) is 0 Å². The number of fused-ring (bicyclic) bond motifs is 1. The van der Waals surface area contributed by atoms with Gasteiger partial charge in [0.25, 0.3) is 0 Å². The lowest BCUT2D eigenvalue weighted by Crippen LogP contribution is -2.23. The van der Waals surface area contributed by atoms with Crippen LogP contribution in [0.3, 0.4) is 0 Å². The minimum absolute atomic E-state index is 0.302. The van der Waals surface area contributed by atoms with Crippen LogP contribution in [0, 0.1) is 6.92 Å². The normalized spacial score (nSPS) is 12.7. The van der Waals surface area contributed by atoms with Crippen LogP contribution in [-0.4, -0.2) is 16.7 Å². The number of rotatable bonds is 6. The molecule has 25 heavy (non-hydrogen) atoms. The summed E-state index contributed by atoms with van der Waals surface area (Å²) in [6.07, 6.45) is 1.85. The van der Waals surface area contributed by atoms with Crippen molar-refractivity contribution in [2.45, 2.75) is 26.6 Å². The second-order valence-electron chi connectivity index (χ2n) is 6.14. The first kappa shape index (κ1) is 16.1. The number of ether oxygens (including phenoxy) is 2. The Kier molecular flexibility index (Phi) is 4.68. The molecule has 0 spiro atoms. The molecule has 1 aliphatic rings. The first-order valence-corrected chi connectivity index (χ1v) is 9.20. The summed E-state index contributed by atoms with van der Waals surface area (Å²) in [5.41, 5.74) is 3.57. The Hall–Kier alpha value is -2.37. The number of aryl methyl sites for hydroxylation is 1. The summed E-state index contributed by atoms with van der Waals surface area (Å²) in [5, 5.41) is 2.15. The van der Waals surface area contributed by atoms with Gasteiger partial charge in [-0.25, -0.2) is 0 Å². The van der Waals surface area contributed by atoms with Crippen LogP contribution in [0.5, 0.6) is 11.5 Å². The monoisotopic (exact) mass is 352 g/mol. The highest BCUT2D eigenvalue weighted by Gasteiger charge is 2.20. The second kappa shape index (κ2) is 7.25. The van der Waals surface area contributed by atoms with E-state index in [0.717, 1.165) is 42.4 Å². The van der Waals surface area contributed by atoms with Gasteiger partial charge >= 0.3 is 0 Å². The molecular weight excluding hydrogens is 332 g/mol. The summed E-state index contributed by atoms with van der Waals surface area (Å²) in [7, 11) is 0. The number of benzene rings is 1. The molecule has 0 saturated carbocycles. The molecule has 2 aromatic heterocycles. The number of hydrogen-bond donors (Lipinski definition) is 0. The largest absolute Gasteiger partial charge is 0.454 e. The number of nitrogens with zero attached hydrogens (tertiary/aromatic N) is 2. The van der Waals surface area contributed by atoms with Gasteiger partial charge < -0.3 is 9.47 Å². The van der Waals surface area contributed by atoms with Crippen molar-refractivity contribution in [2.24, 2.45) is 0 Å². The first-order valence-electron chi connectivity index (χ1n) is 8.32. The van der Waals surface area contributed by atoms with Crippen LogP contribution in [-0.2, 0) is 19.6 Å². The molecule has 0 unspecified atom stereocenters. The summed E-state index contributed by atoms with van der Waals surface area (Å²) in [4.78, 5) is 8.28. The van der Waals surface area contributed by atoms with Crippen molar-refractivity contribution >= 4 is 11.3 Å². The fourth-order valence-electron chi connectivity index (χ4n) is 3.01. The maximum Gasteiger partial charge on any atom is 0.231 e. The smallest absolute Gasteiger partial charge is 0.231 e. The molecule has 4 rings (SSSR count). The molecule has 3 aromatic rings. The number of aromatic nitrogens is 1. The van der Waals surface area contributed by atoms with Crippen molar-refractivity contribution in [3.63, 3.8) is 0 Å². The minimum Gasteiger partial charge on any atom is -0.454 e. The zero-order valence-electron chi connectivity index (χ0n) is 14.1. The molecule has 4 nitrogen and oxygen atoms in total. The summed E-state index contributed by atoms with van der Waals surface area (Å²) in [5.74, 6) is 1.71. The summed E-state index contributed by atoms with van der Waals surface area (Å²) in [6, 6.07) is 14.3. The van der Waals surface area contributed by atoms with Crippen LogP contribution in [0.4, 0.5) is 0 Å². The zero-order chi connectivity index (χ0) is 17.1. The van der Waals surface area contributed by atoms with Gasteiger partial charge in [0, 0.05) is 36.3 Å². The Labute approximate surface area is 151 Å². The molecule has 3 heterocycles. The topological polar surface area (TPSA) is 34.6 Å². The van der Waals surface area contributed by atoms with E-state index >= 15 is 0 Å². The Morgan fingerprint density at radius 3 is 2.80 bits per heavy atom. The number of thiophene rings is 1. The highest BCUT2D eigenvalue weighted by molar-refractivity contribution is 7.10. The molecule has 0 atom stereocenters. The van der Waals surface area contributed by atoms with Gasteiger partial charge in [0.05, 0.1) is 5.69 Å². The standard InChI is InChI=1S/C20H20N2O2S/c1-15-8-10-25-19(15)13-22(12-17-6-2-3-9-21-17)11-16-5-4-7-18-20(16)24-14-23-18/h2-10H,11-14H2,1H3. The van der Waals surface area contributed by atoms with E-state index in [0.29, 0.717) is 6.79 Å². The van der Waals surface area contributed by atoms with Gasteiger partial charge in [-0.3, -0.25) is 9.88 Å². The fraction of sp³-hybridized carbons (Fsp3) is 0.250. The highest BCUT2D eigenvalue weighted by Crippen LogP contribution is 2.36. The third-order valence-corrected chi connectivity index (χ3v) is 5.33. The Morgan fingerprint density at radius 2 is 2.00 bits per heavy atom. The van der Waals surface area contributed by atoms with Crippen LogP contribution < -0.4 is 9.47 Å². The van der Waals surface area contributed by atoms with Crippen molar-refractivity contribution in [1.29, 1.82) is 0 Å². The van der Waals surface area contributed by atoms with Gasteiger partial charge in [-0.2, -0.15) is 0 Å². The van der Waals surface area contributed by atoms with Gasteiger partial charge in [-0.15, -0.1) is 11.3 Å². The van der Waals surface area contributed by atoms with E-state index < -0.39 is 0 Å². The average molecular weight is 352 g/mol. The van der Waals surface area contributed by atoms with E-state index in [-0.39, 0.29) is 0 Å². The van der Waals surface area contributed by atoms with Gasteiger partial charge in [0.2, 0.25) is 6.79 Å². The molecular formula is C20H20N2O2S. The summed E-state index contributed by atoms with van der Waals surface area (Å²) in [6.45, 7) is 4.95. The Morgan fingerprint density at radius 1 is 1.04 bits per heavy atom. The predicted octanol–water partition coefficient (Wildman–Crippen LogP) is 4.38. The molecule has 1 aromatic carbocycles. The van der Waals surface area contributed by atoms with Gasteiger partial charge in [0.1, 0.15) is 0 Å². The highest BCUT2D eigenvalue weighted by atomic mass is 32.1. The van der Waals surface area contributed by atoms with Crippen LogP contribution >= 0.6 is 11.3 Å². The van der Waals surface area contributed by atoms with Gasteiger partial charge in [-0.1, -0.05) is 18.2 Å². The number of hydrogen-bond acceptors (Lipinski definition) is 5. The lowest BCUT2D eigenvalue weighted by molar-refractivity contribution is 0.171. The van der Waals surface area contributed by atoms with E-state index in [1.54, 1.807) is 11.3 Å². The quantitative estimate of drug-likeness (QED) is 0.659. The maximum atomic E-state index is 5.68. The van der Waals surface area contributed by atoms with Gasteiger partial charge in [-0.05, 0) is 42.1 Å². The average Bonchev–Trinajstić information content (AvgIpc) is 3.26. The minimum atomic E-state index is 0.302. The zero-order valence-corrected chi connectivity index (χ0v) is 15.0. The second-order valence-corrected chi connectivity index (χ2v) is 7.14. The third kappa shape index (κ3) is 3.67. The van der Waals surface area contributed by atoms with Crippen LogP contribution in [0.15, 0.2) is 54.0 Å². The third-order valence-electron chi connectivity index (χ3n) is 4.32. The molecule has 0 radical (unpaired) electrons. The summed E-state index contributed by atoms with van der Waals surface area (Å²) >= 11 is 1.81. The predicted molar refractivity (Wildman–Crippen MR) is 98.8 cm³/mol. The molecule has 5 heteroatoms. The fourth-order valence-corrected chi connectivity index (χ4v) is 3.96. The lowest BCUT2D eigenvalue weighted by atomic mass is 10.1. The SMILES string of the molecule is Cc1ccsc1CN(Cc1ccccn1)Cc1cccc2c1OCO2. The summed E-state index contributed by atoms with van der Waals surface area (Å²) < 4.78 is 11.2. The number of para-hydroxylation sites is 1. The van der Waals surface area contributed by atoms with Crippen molar-refractivity contribution in [3.05, 3.63) is 75.7 Å². The van der Waals surface area contributed by atoms with Crippen LogP contribution in [0.2, 0.25) is 0 Å². The van der Waals surface area contributed by atoms with Crippen molar-refractivity contribution in [1.82, 2.24) is 9.88 Å². The number of pyridine rings is 1. The van der Waals surface area contributed by atoms with Crippen LogP contribution in [0.1, 0.15) is 21.7 Å². The molecule has 0 fully saturated rings. The molecule has 0 bridgehead atoms. The Bertz CT molecular complexity index is 848. The molecule has 128 valence electrons. The first-order chi connectivity index (χ1) is 12.3. The van der Waals surface area contributed by atoms with E-state index in [4.69, 9.17) is 9.47 Å². The molecule has 0 aliphatic carbocycles. The van der Waals surface area contributed by atoms with E-state index in [1.807, 2.05) is 30.5 Å². The van der Waals surface area contributed by atoms with Crippen molar-refractivity contribution in [2.75, 3.05) is 6.79 Å². The Balaban J connectivity index is 1.59. The maximum absolute atomic E-state index is 5.68. The molecule has 0 amide bonds. The molecule has 0 saturated heterocycles. The van der Waals surface area contributed by atoms with Crippen molar-refractivity contribution < 1.29 is 9.47 Å². The van der Waals surface area contributed by atoms with E-state index in [1.165, 1.54) is 10.4 Å². The van der Waals surface area contributed by atoms with Gasteiger partial charge in [0.15, 0.2) is 11.5 Å². The van der Waals surface area contributed by atoms with Crippen LogP contribution in [0.25, 0.3) is 0 Å². The molecule has 0 N–H and O–H groups in total. The molecule has 1 aliphatic heterocycles.